The van der Waals surface area contributed by atoms with Crippen LogP contribution in [-0.2, 0) is 15.6 Å². The minimum atomic E-state index is -3.09. The number of hydrogen-bond donors (Lipinski definition) is 1. The topological polar surface area (TPSA) is 61.8 Å². The Balaban J connectivity index is 1.87. The average Bonchev–Trinajstić information content (AvgIpc) is 2.57. The highest BCUT2D eigenvalue weighted by Gasteiger charge is 2.28. The quantitative estimate of drug-likeness (QED) is 0.435. The number of aliphatic imine (C=N–C) groups is 1. The number of hydrogen-bond acceptors (Lipinski definition) is 4. The second-order valence-electron chi connectivity index (χ2n) is 7.20. The summed E-state index contributed by atoms with van der Waals surface area (Å²) < 4.78 is 24.8. The van der Waals surface area contributed by atoms with E-state index in [1.807, 2.05) is 42.1 Å². The Bertz CT molecular complexity index is 688. The molecule has 1 aliphatic heterocycles. The third kappa shape index (κ3) is 7.19. The molecular weight excluding hydrogens is 366 g/mol. The van der Waals surface area contributed by atoms with E-state index in [-0.39, 0.29) is 16.3 Å². The van der Waals surface area contributed by atoms with Crippen LogP contribution in [0.1, 0.15) is 32.8 Å². The van der Waals surface area contributed by atoms with Crippen molar-refractivity contribution in [2.75, 3.05) is 37.7 Å². The summed E-state index contributed by atoms with van der Waals surface area (Å²) in [6.07, 6.45) is 0.552. The van der Waals surface area contributed by atoms with Crippen LogP contribution in [0.3, 0.4) is 0 Å². The normalized spacial score (nSPS) is 18.0. The Morgan fingerprint density at radius 2 is 2.04 bits per heavy atom. The van der Waals surface area contributed by atoms with Crippen LogP contribution in [0.4, 0.5) is 0 Å². The van der Waals surface area contributed by atoms with Gasteiger partial charge in [0.15, 0.2) is 15.8 Å². The molecule has 2 rings (SSSR count). The van der Waals surface area contributed by atoms with E-state index >= 15 is 0 Å². The summed E-state index contributed by atoms with van der Waals surface area (Å²) in [5.41, 5.74) is 0.845. The van der Waals surface area contributed by atoms with E-state index in [9.17, 15) is 8.42 Å². The van der Waals surface area contributed by atoms with Gasteiger partial charge in [-0.3, -0.25) is 4.99 Å². The van der Waals surface area contributed by atoms with E-state index in [2.05, 4.69) is 36.0 Å². The molecule has 0 bridgehead atoms. The summed E-state index contributed by atoms with van der Waals surface area (Å²) >= 11 is 1.99. The Hall–Kier alpha value is -1.21. The summed E-state index contributed by atoms with van der Waals surface area (Å²) in [5.74, 6) is 2.27. The third-order valence-electron chi connectivity index (χ3n) is 4.16. The Morgan fingerprint density at radius 3 is 2.69 bits per heavy atom. The molecule has 1 N–H and O–H groups in total. The van der Waals surface area contributed by atoms with Crippen molar-refractivity contribution in [1.82, 2.24) is 10.2 Å². The number of rotatable bonds is 7. The maximum absolute atomic E-state index is 12.3. The zero-order valence-electron chi connectivity index (χ0n) is 16.1. The van der Waals surface area contributed by atoms with E-state index in [4.69, 9.17) is 0 Å². The summed E-state index contributed by atoms with van der Waals surface area (Å²) in [4.78, 5) is 6.96. The predicted octanol–water partition coefficient (Wildman–Crippen LogP) is 2.78. The molecule has 1 saturated heterocycles. The van der Waals surface area contributed by atoms with Crippen LogP contribution in [0.15, 0.2) is 35.3 Å². The first-order valence-electron chi connectivity index (χ1n) is 9.23. The zero-order valence-corrected chi connectivity index (χ0v) is 17.7. The second kappa shape index (κ2) is 9.65. The molecule has 0 radical (unpaired) electrons. The SMILES string of the molecule is CCNC(=NCCCS(=O)(=O)Cc1ccccc1)N1CCSC(C)(C)C1. The van der Waals surface area contributed by atoms with Gasteiger partial charge in [0.1, 0.15) is 0 Å². The van der Waals surface area contributed by atoms with Gasteiger partial charge in [0.05, 0.1) is 11.5 Å². The molecule has 5 nitrogen and oxygen atoms in total. The fourth-order valence-corrected chi connectivity index (χ4v) is 5.52. The van der Waals surface area contributed by atoms with Crippen molar-refractivity contribution in [2.24, 2.45) is 4.99 Å². The third-order valence-corrected chi connectivity index (χ3v) is 7.15. The van der Waals surface area contributed by atoms with Gasteiger partial charge in [-0.2, -0.15) is 11.8 Å². The van der Waals surface area contributed by atoms with E-state index in [1.54, 1.807) is 0 Å². The van der Waals surface area contributed by atoms with Crippen LogP contribution < -0.4 is 5.32 Å². The summed E-state index contributed by atoms with van der Waals surface area (Å²) in [6, 6.07) is 9.35. The minimum Gasteiger partial charge on any atom is -0.357 e. The predicted molar refractivity (Wildman–Crippen MR) is 113 cm³/mol. The van der Waals surface area contributed by atoms with Crippen molar-refractivity contribution in [3.8, 4) is 0 Å². The highest BCUT2D eigenvalue weighted by Crippen LogP contribution is 2.29. The molecule has 1 aromatic carbocycles. The van der Waals surface area contributed by atoms with Crippen molar-refractivity contribution < 1.29 is 8.42 Å². The summed E-state index contributed by atoms with van der Waals surface area (Å²) in [6.45, 7) is 9.84. The van der Waals surface area contributed by atoms with Gasteiger partial charge in [-0.05, 0) is 32.8 Å². The van der Waals surface area contributed by atoms with Crippen molar-refractivity contribution in [1.29, 1.82) is 0 Å². The molecule has 1 aliphatic rings. The molecule has 0 spiro atoms. The van der Waals surface area contributed by atoms with Crippen molar-refractivity contribution in [3.05, 3.63) is 35.9 Å². The Kier molecular flexibility index (Phi) is 7.83. The monoisotopic (exact) mass is 397 g/mol. The maximum Gasteiger partial charge on any atom is 0.193 e. The molecule has 1 fully saturated rings. The standard InChI is InChI=1S/C19H31N3O2S2/c1-4-20-18(22-12-13-25-19(2,3)16-22)21-11-8-14-26(23,24)15-17-9-6-5-7-10-17/h5-7,9-10H,4,8,11-16H2,1-3H3,(H,20,21). The molecule has 0 aromatic heterocycles. The first-order chi connectivity index (χ1) is 12.3. The summed E-state index contributed by atoms with van der Waals surface area (Å²) in [7, 11) is -3.09. The minimum absolute atomic E-state index is 0.106. The van der Waals surface area contributed by atoms with Gasteiger partial charge in [-0.1, -0.05) is 30.3 Å². The molecule has 1 aromatic rings. The lowest BCUT2D eigenvalue weighted by Gasteiger charge is -2.39. The van der Waals surface area contributed by atoms with Crippen LogP contribution in [-0.4, -0.2) is 61.7 Å². The van der Waals surface area contributed by atoms with Crippen LogP contribution in [0, 0.1) is 0 Å². The van der Waals surface area contributed by atoms with Crippen molar-refractivity contribution in [3.63, 3.8) is 0 Å². The lowest BCUT2D eigenvalue weighted by Crippen LogP contribution is -2.51. The van der Waals surface area contributed by atoms with Gasteiger partial charge >= 0.3 is 0 Å². The molecule has 146 valence electrons. The van der Waals surface area contributed by atoms with Gasteiger partial charge in [-0.15, -0.1) is 0 Å². The number of benzene rings is 1. The first kappa shape index (κ1) is 21.1. The van der Waals surface area contributed by atoms with E-state index < -0.39 is 9.84 Å². The largest absolute Gasteiger partial charge is 0.357 e. The van der Waals surface area contributed by atoms with Crippen LogP contribution in [0.2, 0.25) is 0 Å². The van der Waals surface area contributed by atoms with Gasteiger partial charge in [0, 0.05) is 36.7 Å². The number of sulfone groups is 1. The van der Waals surface area contributed by atoms with E-state index in [0.29, 0.717) is 13.0 Å². The molecule has 7 heteroatoms. The molecule has 0 aliphatic carbocycles. The number of nitrogens with one attached hydrogen (secondary N) is 1. The van der Waals surface area contributed by atoms with Crippen LogP contribution in [0.5, 0.6) is 0 Å². The second-order valence-corrected chi connectivity index (χ2v) is 11.2. The lowest BCUT2D eigenvalue weighted by molar-refractivity contribution is 0.376. The fraction of sp³-hybridized carbons (Fsp3) is 0.632. The van der Waals surface area contributed by atoms with E-state index in [0.717, 1.165) is 36.9 Å². The van der Waals surface area contributed by atoms with Crippen molar-refractivity contribution >= 4 is 27.6 Å². The van der Waals surface area contributed by atoms with Gasteiger partial charge in [0.25, 0.3) is 0 Å². The smallest absolute Gasteiger partial charge is 0.193 e. The molecular formula is C19H31N3O2S2. The fourth-order valence-electron chi connectivity index (χ4n) is 2.99. The number of nitrogens with zero attached hydrogens (tertiary/aromatic N) is 2. The molecule has 26 heavy (non-hydrogen) atoms. The van der Waals surface area contributed by atoms with E-state index in [1.165, 1.54) is 0 Å². The Labute approximate surface area is 162 Å². The molecule has 0 atom stereocenters. The molecule has 0 saturated carbocycles. The average molecular weight is 398 g/mol. The highest BCUT2D eigenvalue weighted by atomic mass is 32.2. The zero-order chi connectivity index (χ0) is 19.0. The number of thioether (sulfide) groups is 1. The first-order valence-corrected chi connectivity index (χ1v) is 12.0. The Morgan fingerprint density at radius 1 is 1.31 bits per heavy atom. The molecule has 0 unspecified atom stereocenters. The highest BCUT2D eigenvalue weighted by molar-refractivity contribution is 8.00. The maximum atomic E-state index is 12.3. The van der Waals surface area contributed by atoms with Gasteiger partial charge in [0.2, 0.25) is 0 Å². The van der Waals surface area contributed by atoms with Crippen LogP contribution in [0.25, 0.3) is 0 Å². The summed E-state index contributed by atoms with van der Waals surface area (Å²) in [5, 5.41) is 3.34. The van der Waals surface area contributed by atoms with Crippen molar-refractivity contribution in [2.45, 2.75) is 37.7 Å². The lowest BCUT2D eigenvalue weighted by atomic mass is 10.2. The number of guanidine groups is 1. The molecule has 1 heterocycles. The van der Waals surface area contributed by atoms with Gasteiger partial charge < -0.3 is 10.2 Å². The van der Waals surface area contributed by atoms with Crippen LogP contribution >= 0.6 is 11.8 Å². The van der Waals surface area contributed by atoms with Gasteiger partial charge in [-0.25, -0.2) is 8.42 Å². The molecule has 0 amide bonds.